The summed E-state index contributed by atoms with van der Waals surface area (Å²) >= 11 is 1.74. The van der Waals surface area contributed by atoms with Crippen LogP contribution in [-0.4, -0.2) is 73.2 Å². The van der Waals surface area contributed by atoms with Gasteiger partial charge in [-0.3, -0.25) is 4.79 Å². The number of hydrogen-bond acceptors (Lipinski definition) is 4. The average molecular weight is 300 g/mol. The van der Waals surface area contributed by atoms with Gasteiger partial charge in [0, 0.05) is 38.4 Å². The van der Waals surface area contributed by atoms with Crippen molar-refractivity contribution in [2.24, 2.45) is 0 Å². The zero-order chi connectivity index (χ0) is 14.2. The van der Waals surface area contributed by atoms with Crippen molar-refractivity contribution in [2.75, 3.05) is 51.3 Å². The van der Waals surface area contributed by atoms with Crippen LogP contribution in [0.1, 0.15) is 32.1 Å². The van der Waals surface area contributed by atoms with Crippen LogP contribution in [0.5, 0.6) is 0 Å². The Bertz CT molecular complexity index is 296. The van der Waals surface area contributed by atoms with Crippen LogP contribution in [0.25, 0.3) is 0 Å². The van der Waals surface area contributed by atoms with Crippen molar-refractivity contribution in [3.63, 3.8) is 0 Å². The van der Waals surface area contributed by atoms with E-state index in [2.05, 4.69) is 11.2 Å². The quantitative estimate of drug-likeness (QED) is 0.776. The molecule has 1 amide bonds. The lowest BCUT2D eigenvalue weighted by atomic mass is 10.1. The highest BCUT2D eigenvalue weighted by Gasteiger charge is 2.24. The van der Waals surface area contributed by atoms with Gasteiger partial charge in [-0.2, -0.15) is 11.8 Å². The zero-order valence-corrected chi connectivity index (χ0v) is 13.5. The van der Waals surface area contributed by atoms with Gasteiger partial charge in [-0.25, -0.2) is 0 Å². The minimum absolute atomic E-state index is 0.203. The number of likely N-dealkylation sites (tertiary alicyclic amines) is 1. The van der Waals surface area contributed by atoms with E-state index in [0.29, 0.717) is 12.3 Å². The molecule has 1 unspecified atom stereocenters. The summed E-state index contributed by atoms with van der Waals surface area (Å²) in [6.07, 6.45) is 7.87. The molecule has 5 heteroatoms. The molecule has 0 aromatic carbocycles. The third kappa shape index (κ3) is 5.26. The molecule has 116 valence electrons. The van der Waals surface area contributed by atoms with Crippen molar-refractivity contribution in [3.8, 4) is 0 Å². The molecule has 0 aromatic rings. The van der Waals surface area contributed by atoms with Crippen LogP contribution in [0.4, 0.5) is 0 Å². The molecule has 2 aliphatic rings. The van der Waals surface area contributed by atoms with E-state index in [-0.39, 0.29) is 6.10 Å². The van der Waals surface area contributed by atoms with Gasteiger partial charge in [-0.05, 0) is 38.6 Å². The normalized spacial score (nSPS) is 25.4. The molecule has 0 saturated carbocycles. The standard InChI is InChI=1S/C15H28N2O2S/c1-20-11-6-15(18)17-9-5-10-19-14(13-17)12-16-7-3-2-4-8-16/h14H,2-13H2,1H3. The van der Waals surface area contributed by atoms with E-state index in [9.17, 15) is 4.79 Å². The van der Waals surface area contributed by atoms with Crippen LogP contribution >= 0.6 is 11.8 Å². The molecule has 0 bridgehead atoms. The smallest absolute Gasteiger partial charge is 0.223 e. The molecule has 0 radical (unpaired) electrons. The van der Waals surface area contributed by atoms with Gasteiger partial charge in [0.1, 0.15) is 0 Å². The van der Waals surface area contributed by atoms with E-state index in [1.807, 2.05) is 4.90 Å². The summed E-state index contributed by atoms with van der Waals surface area (Å²) in [5.41, 5.74) is 0. The van der Waals surface area contributed by atoms with E-state index >= 15 is 0 Å². The van der Waals surface area contributed by atoms with Crippen molar-refractivity contribution in [1.82, 2.24) is 9.80 Å². The third-order valence-corrected chi connectivity index (χ3v) is 4.75. The molecule has 1 atom stereocenters. The van der Waals surface area contributed by atoms with Gasteiger partial charge in [0.25, 0.3) is 0 Å². The van der Waals surface area contributed by atoms with Gasteiger partial charge in [0.2, 0.25) is 5.91 Å². The SMILES string of the molecule is CSCCC(=O)N1CCCOC(CN2CCCCC2)C1. The fourth-order valence-corrected chi connectivity index (χ4v) is 3.39. The first kappa shape index (κ1) is 16.1. The minimum atomic E-state index is 0.203. The second kappa shape index (κ2) is 8.90. The van der Waals surface area contributed by atoms with Crippen LogP contribution in [0.2, 0.25) is 0 Å². The first-order valence-electron chi connectivity index (χ1n) is 7.90. The molecule has 20 heavy (non-hydrogen) atoms. The second-order valence-electron chi connectivity index (χ2n) is 5.79. The van der Waals surface area contributed by atoms with Gasteiger partial charge in [0.05, 0.1) is 6.10 Å². The molecular weight excluding hydrogens is 272 g/mol. The van der Waals surface area contributed by atoms with E-state index < -0.39 is 0 Å². The number of ether oxygens (including phenoxy) is 1. The fourth-order valence-electron chi connectivity index (χ4n) is 3.01. The maximum absolute atomic E-state index is 12.2. The number of thioether (sulfide) groups is 1. The molecule has 0 aliphatic carbocycles. The lowest BCUT2D eigenvalue weighted by Gasteiger charge is -2.31. The summed E-state index contributed by atoms with van der Waals surface area (Å²) in [5, 5.41) is 0. The van der Waals surface area contributed by atoms with Crippen molar-refractivity contribution >= 4 is 17.7 Å². The van der Waals surface area contributed by atoms with Crippen molar-refractivity contribution in [1.29, 1.82) is 0 Å². The summed E-state index contributed by atoms with van der Waals surface area (Å²) in [6.45, 7) is 5.82. The van der Waals surface area contributed by atoms with Gasteiger partial charge in [-0.15, -0.1) is 0 Å². The molecule has 0 aromatic heterocycles. The largest absolute Gasteiger partial charge is 0.375 e. The highest BCUT2D eigenvalue weighted by atomic mass is 32.2. The zero-order valence-electron chi connectivity index (χ0n) is 12.7. The fraction of sp³-hybridized carbons (Fsp3) is 0.933. The molecule has 0 N–H and O–H groups in total. The first-order valence-corrected chi connectivity index (χ1v) is 9.29. The summed E-state index contributed by atoms with van der Waals surface area (Å²) in [7, 11) is 0. The topological polar surface area (TPSA) is 32.8 Å². The van der Waals surface area contributed by atoms with Crippen LogP contribution in [0.3, 0.4) is 0 Å². The highest BCUT2D eigenvalue weighted by Crippen LogP contribution is 2.13. The number of amides is 1. The first-order chi connectivity index (χ1) is 9.79. The number of nitrogens with zero attached hydrogens (tertiary/aromatic N) is 2. The number of piperidine rings is 1. The Morgan fingerprint density at radius 3 is 2.75 bits per heavy atom. The summed E-state index contributed by atoms with van der Waals surface area (Å²) in [6, 6.07) is 0. The second-order valence-corrected chi connectivity index (χ2v) is 6.78. The number of carbonyl (C=O) groups excluding carboxylic acids is 1. The van der Waals surface area contributed by atoms with Crippen LogP contribution in [0, 0.1) is 0 Å². The molecule has 4 nitrogen and oxygen atoms in total. The lowest BCUT2D eigenvalue weighted by molar-refractivity contribution is -0.131. The Morgan fingerprint density at radius 2 is 2.00 bits per heavy atom. The van der Waals surface area contributed by atoms with Crippen molar-refractivity contribution < 1.29 is 9.53 Å². The Labute approximate surface area is 127 Å². The van der Waals surface area contributed by atoms with E-state index in [4.69, 9.17) is 4.74 Å². The number of carbonyl (C=O) groups is 1. The molecule has 2 aliphatic heterocycles. The Morgan fingerprint density at radius 1 is 1.20 bits per heavy atom. The van der Waals surface area contributed by atoms with Crippen molar-refractivity contribution in [3.05, 3.63) is 0 Å². The monoisotopic (exact) mass is 300 g/mol. The lowest BCUT2D eigenvalue weighted by Crippen LogP contribution is -2.43. The maximum atomic E-state index is 12.2. The molecule has 2 rings (SSSR count). The molecular formula is C15H28N2O2S. The Kier molecular flexibility index (Phi) is 7.17. The summed E-state index contributed by atoms with van der Waals surface area (Å²) in [5.74, 6) is 1.22. The molecule has 2 saturated heterocycles. The van der Waals surface area contributed by atoms with Crippen molar-refractivity contribution in [2.45, 2.75) is 38.2 Å². The maximum Gasteiger partial charge on any atom is 0.223 e. The average Bonchev–Trinajstić information content (AvgIpc) is 2.71. The van der Waals surface area contributed by atoms with Gasteiger partial charge >= 0.3 is 0 Å². The van der Waals surface area contributed by atoms with Gasteiger partial charge in [0.15, 0.2) is 0 Å². The Balaban J connectivity index is 1.81. The summed E-state index contributed by atoms with van der Waals surface area (Å²) < 4.78 is 5.95. The molecule has 2 heterocycles. The van der Waals surface area contributed by atoms with Crippen LogP contribution in [0.15, 0.2) is 0 Å². The number of hydrogen-bond donors (Lipinski definition) is 0. The molecule has 0 spiro atoms. The predicted molar refractivity (Wildman–Crippen MR) is 84.2 cm³/mol. The highest BCUT2D eigenvalue weighted by molar-refractivity contribution is 7.98. The van der Waals surface area contributed by atoms with Gasteiger partial charge in [-0.1, -0.05) is 6.42 Å². The predicted octanol–water partition coefficient (Wildman–Crippen LogP) is 1.84. The van der Waals surface area contributed by atoms with Crippen LogP contribution < -0.4 is 0 Å². The minimum Gasteiger partial charge on any atom is -0.375 e. The van der Waals surface area contributed by atoms with E-state index in [0.717, 1.165) is 38.4 Å². The number of rotatable bonds is 5. The van der Waals surface area contributed by atoms with E-state index in [1.54, 1.807) is 11.8 Å². The molecule has 2 fully saturated rings. The summed E-state index contributed by atoms with van der Waals surface area (Å²) in [4.78, 5) is 16.7. The van der Waals surface area contributed by atoms with Crippen LogP contribution in [-0.2, 0) is 9.53 Å². The van der Waals surface area contributed by atoms with Gasteiger partial charge < -0.3 is 14.5 Å². The third-order valence-electron chi connectivity index (χ3n) is 4.13. The Hall–Kier alpha value is -0.260. The van der Waals surface area contributed by atoms with E-state index in [1.165, 1.54) is 32.4 Å².